The number of carbonyl (C=O) groups excluding carboxylic acids is 2. The number of ketones is 1. The Hall–Kier alpha value is -2.04. The molecule has 1 aromatic carbocycles. The molecule has 0 saturated heterocycles. The molecule has 126 valence electrons. The SMILES string of the molecule is CCOC(=O)Cc1cc(O)cc2c1C(=O)CCCCC[C@@H](C)O2. The van der Waals surface area contributed by atoms with E-state index >= 15 is 0 Å². The number of hydrogen-bond acceptors (Lipinski definition) is 5. The Morgan fingerprint density at radius 1 is 1.35 bits per heavy atom. The standard InChI is InChI=1S/C18H24O5/c1-3-22-17(21)10-13-9-14(19)11-16-18(13)15(20)8-6-4-5-7-12(2)23-16/h9,11-12,19H,3-8,10H2,1-2H3/t12-/m1/s1. The van der Waals surface area contributed by atoms with Crippen molar-refractivity contribution in [3.05, 3.63) is 23.3 Å². The van der Waals surface area contributed by atoms with E-state index in [1.54, 1.807) is 6.92 Å². The summed E-state index contributed by atoms with van der Waals surface area (Å²) >= 11 is 0. The average molecular weight is 320 g/mol. The van der Waals surface area contributed by atoms with Crippen molar-refractivity contribution in [2.24, 2.45) is 0 Å². The Morgan fingerprint density at radius 3 is 2.87 bits per heavy atom. The molecular weight excluding hydrogens is 296 g/mol. The van der Waals surface area contributed by atoms with E-state index in [1.165, 1.54) is 12.1 Å². The van der Waals surface area contributed by atoms with Gasteiger partial charge >= 0.3 is 5.97 Å². The third kappa shape index (κ3) is 4.71. The Kier molecular flexibility index (Phi) is 6.02. The zero-order valence-electron chi connectivity index (χ0n) is 13.8. The zero-order valence-corrected chi connectivity index (χ0v) is 13.8. The molecule has 1 atom stereocenters. The van der Waals surface area contributed by atoms with Gasteiger partial charge in [0.15, 0.2) is 5.78 Å². The van der Waals surface area contributed by atoms with E-state index in [0.29, 0.717) is 23.3 Å². The van der Waals surface area contributed by atoms with E-state index in [-0.39, 0.29) is 30.7 Å². The predicted octanol–water partition coefficient (Wildman–Crippen LogP) is 3.41. The minimum atomic E-state index is -0.418. The van der Waals surface area contributed by atoms with Gasteiger partial charge < -0.3 is 14.6 Å². The number of carbonyl (C=O) groups is 2. The van der Waals surface area contributed by atoms with Gasteiger partial charge in [0.2, 0.25) is 0 Å². The van der Waals surface area contributed by atoms with Gasteiger partial charge in [-0.3, -0.25) is 9.59 Å². The number of phenolic OH excluding ortho intramolecular Hbond substituents is 1. The molecule has 1 heterocycles. The lowest BCUT2D eigenvalue weighted by Crippen LogP contribution is -2.18. The van der Waals surface area contributed by atoms with Crippen LogP contribution in [0.25, 0.3) is 0 Å². The summed E-state index contributed by atoms with van der Waals surface area (Å²) in [5.41, 5.74) is 0.876. The topological polar surface area (TPSA) is 72.8 Å². The molecular formula is C18H24O5. The van der Waals surface area contributed by atoms with Crippen molar-refractivity contribution >= 4 is 11.8 Å². The summed E-state index contributed by atoms with van der Waals surface area (Å²) in [5, 5.41) is 9.93. The fourth-order valence-electron chi connectivity index (χ4n) is 2.87. The van der Waals surface area contributed by atoms with Crippen molar-refractivity contribution in [2.45, 2.75) is 58.5 Å². The molecule has 0 aliphatic carbocycles. The minimum absolute atomic E-state index is 0.0138. The fourth-order valence-corrected chi connectivity index (χ4v) is 2.87. The molecule has 1 aliphatic heterocycles. The van der Waals surface area contributed by atoms with Crippen molar-refractivity contribution in [2.75, 3.05) is 6.61 Å². The van der Waals surface area contributed by atoms with Crippen LogP contribution in [0, 0.1) is 0 Å². The highest BCUT2D eigenvalue weighted by molar-refractivity contribution is 6.01. The van der Waals surface area contributed by atoms with Crippen molar-refractivity contribution in [1.29, 1.82) is 0 Å². The fraction of sp³-hybridized carbons (Fsp3) is 0.556. The van der Waals surface area contributed by atoms with Gasteiger partial charge in [0.25, 0.3) is 0 Å². The first kappa shape index (κ1) is 17.3. The number of benzene rings is 1. The molecule has 0 radical (unpaired) electrons. The summed E-state index contributed by atoms with van der Waals surface area (Å²) in [6, 6.07) is 2.91. The number of hydrogen-bond donors (Lipinski definition) is 1. The lowest BCUT2D eigenvalue weighted by molar-refractivity contribution is -0.142. The number of ether oxygens (including phenoxy) is 2. The van der Waals surface area contributed by atoms with Crippen LogP contribution in [0.1, 0.15) is 61.9 Å². The zero-order chi connectivity index (χ0) is 16.8. The third-order valence-electron chi connectivity index (χ3n) is 3.93. The Bertz CT molecular complexity index is 579. The molecule has 2 rings (SSSR count). The van der Waals surface area contributed by atoms with E-state index in [4.69, 9.17) is 9.47 Å². The van der Waals surface area contributed by atoms with Gasteiger partial charge in [-0.1, -0.05) is 6.42 Å². The van der Waals surface area contributed by atoms with Crippen LogP contribution in [0.3, 0.4) is 0 Å². The molecule has 1 aliphatic rings. The van der Waals surface area contributed by atoms with Crippen molar-refractivity contribution < 1.29 is 24.2 Å². The number of phenols is 1. The van der Waals surface area contributed by atoms with E-state index < -0.39 is 5.97 Å². The van der Waals surface area contributed by atoms with Gasteiger partial charge in [-0.05, 0) is 44.7 Å². The molecule has 23 heavy (non-hydrogen) atoms. The maximum absolute atomic E-state index is 12.6. The number of aromatic hydroxyl groups is 1. The van der Waals surface area contributed by atoms with Gasteiger partial charge in [0.05, 0.1) is 24.7 Å². The molecule has 0 bridgehead atoms. The monoisotopic (exact) mass is 320 g/mol. The first-order valence-corrected chi connectivity index (χ1v) is 8.22. The molecule has 1 N–H and O–H groups in total. The van der Waals surface area contributed by atoms with Crippen LogP contribution in [0.5, 0.6) is 11.5 Å². The van der Waals surface area contributed by atoms with Crippen LogP contribution in [0.4, 0.5) is 0 Å². The van der Waals surface area contributed by atoms with Gasteiger partial charge in [-0.25, -0.2) is 0 Å². The van der Waals surface area contributed by atoms with E-state index in [0.717, 1.165) is 25.7 Å². The summed E-state index contributed by atoms with van der Waals surface area (Å²) in [4.78, 5) is 24.4. The Morgan fingerprint density at radius 2 is 2.13 bits per heavy atom. The second kappa shape index (κ2) is 7.99. The maximum Gasteiger partial charge on any atom is 0.310 e. The van der Waals surface area contributed by atoms with Crippen LogP contribution >= 0.6 is 0 Å². The normalized spacial score (nSPS) is 18.7. The Balaban J connectivity index is 2.42. The Labute approximate surface area is 136 Å². The van der Waals surface area contributed by atoms with Crippen LogP contribution in [0.15, 0.2) is 12.1 Å². The van der Waals surface area contributed by atoms with Gasteiger partial charge in [0.1, 0.15) is 11.5 Å². The van der Waals surface area contributed by atoms with Crippen LogP contribution in [-0.4, -0.2) is 29.6 Å². The summed E-state index contributed by atoms with van der Waals surface area (Å²) in [7, 11) is 0. The lowest BCUT2D eigenvalue weighted by atomic mass is 9.95. The third-order valence-corrected chi connectivity index (χ3v) is 3.93. The quantitative estimate of drug-likeness (QED) is 0.864. The second-order valence-corrected chi connectivity index (χ2v) is 5.91. The van der Waals surface area contributed by atoms with Crippen molar-refractivity contribution in [3.8, 4) is 11.5 Å². The first-order valence-electron chi connectivity index (χ1n) is 8.22. The molecule has 5 heteroatoms. The van der Waals surface area contributed by atoms with Crippen LogP contribution in [0.2, 0.25) is 0 Å². The molecule has 1 aromatic rings. The summed E-state index contributed by atoms with van der Waals surface area (Å²) in [6.07, 6.45) is 4.05. The summed E-state index contributed by atoms with van der Waals surface area (Å²) in [6.45, 7) is 3.96. The number of rotatable bonds is 3. The highest BCUT2D eigenvalue weighted by atomic mass is 16.5. The highest BCUT2D eigenvalue weighted by Gasteiger charge is 2.23. The average Bonchev–Trinajstić information content (AvgIpc) is 2.46. The molecule has 5 nitrogen and oxygen atoms in total. The van der Waals surface area contributed by atoms with Crippen LogP contribution < -0.4 is 4.74 Å². The van der Waals surface area contributed by atoms with Crippen molar-refractivity contribution in [3.63, 3.8) is 0 Å². The highest BCUT2D eigenvalue weighted by Crippen LogP contribution is 2.32. The molecule has 0 amide bonds. The number of esters is 1. The number of Topliss-reactive ketones (excluding diaryl/α,β-unsaturated/α-hetero) is 1. The van der Waals surface area contributed by atoms with Gasteiger partial charge in [0, 0.05) is 12.5 Å². The maximum atomic E-state index is 12.6. The first-order chi connectivity index (χ1) is 11.0. The molecule has 0 aromatic heterocycles. The molecule has 0 unspecified atom stereocenters. The van der Waals surface area contributed by atoms with E-state index in [1.807, 2.05) is 6.92 Å². The molecule has 0 saturated carbocycles. The van der Waals surface area contributed by atoms with Gasteiger partial charge in [-0.15, -0.1) is 0 Å². The van der Waals surface area contributed by atoms with E-state index in [9.17, 15) is 14.7 Å². The lowest BCUT2D eigenvalue weighted by Gasteiger charge is -2.21. The largest absolute Gasteiger partial charge is 0.508 e. The predicted molar refractivity (Wildman–Crippen MR) is 85.9 cm³/mol. The summed E-state index contributed by atoms with van der Waals surface area (Å²) < 4.78 is 10.8. The molecule has 0 fully saturated rings. The summed E-state index contributed by atoms with van der Waals surface area (Å²) in [5.74, 6) is -0.115. The van der Waals surface area contributed by atoms with Crippen LogP contribution in [-0.2, 0) is 16.0 Å². The minimum Gasteiger partial charge on any atom is -0.508 e. The molecule has 0 spiro atoms. The number of fused-ring (bicyclic) bond motifs is 1. The van der Waals surface area contributed by atoms with Crippen molar-refractivity contribution in [1.82, 2.24) is 0 Å². The van der Waals surface area contributed by atoms with E-state index in [2.05, 4.69) is 0 Å². The smallest absolute Gasteiger partial charge is 0.310 e. The van der Waals surface area contributed by atoms with Gasteiger partial charge in [-0.2, -0.15) is 0 Å². The second-order valence-electron chi connectivity index (χ2n) is 5.91.